The standard InChI is InChI=1S/C10H14ClFN2O/c1-14(6-8(11)7-15-2)10-4-3-9(12)5-13-10/h3-5,8H,6-7H2,1-2H3. The third-order valence-electron chi connectivity index (χ3n) is 1.92. The van der Waals surface area contributed by atoms with Crippen LogP contribution in [0, 0.1) is 5.82 Å². The van der Waals surface area contributed by atoms with Crippen molar-refractivity contribution in [2.24, 2.45) is 0 Å². The first-order valence-electron chi connectivity index (χ1n) is 4.59. The predicted molar refractivity (Wildman–Crippen MR) is 59.0 cm³/mol. The fraction of sp³-hybridized carbons (Fsp3) is 0.500. The zero-order valence-electron chi connectivity index (χ0n) is 8.78. The van der Waals surface area contributed by atoms with Crippen LogP contribution < -0.4 is 4.90 Å². The van der Waals surface area contributed by atoms with Crippen LogP contribution >= 0.6 is 11.6 Å². The lowest BCUT2D eigenvalue weighted by Crippen LogP contribution is -2.29. The van der Waals surface area contributed by atoms with Gasteiger partial charge in [-0.1, -0.05) is 0 Å². The van der Waals surface area contributed by atoms with Crippen LogP contribution in [-0.4, -0.2) is 37.7 Å². The minimum Gasteiger partial charge on any atom is -0.383 e. The molecule has 0 spiro atoms. The number of nitrogens with zero attached hydrogens (tertiary/aromatic N) is 2. The van der Waals surface area contributed by atoms with Crippen LogP contribution in [0.4, 0.5) is 10.2 Å². The van der Waals surface area contributed by atoms with Crippen LogP contribution in [0.2, 0.25) is 0 Å². The number of methoxy groups -OCH3 is 1. The number of alkyl halides is 1. The lowest BCUT2D eigenvalue weighted by atomic mass is 10.3. The van der Waals surface area contributed by atoms with Gasteiger partial charge in [0.2, 0.25) is 0 Å². The molecule has 1 aromatic rings. The first-order valence-corrected chi connectivity index (χ1v) is 5.03. The average molecular weight is 233 g/mol. The highest BCUT2D eigenvalue weighted by Gasteiger charge is 2.09. The maximum Gasteiger partial charge on any atom is 0.141 e. The highest BCUT2D eigenvalue weighted by atomic mass is 35.5. The lowest BCUT2D eigenvalue weighted by Gasteiger charge is -2.20. The number of aromatic nitrogens is 1. The molecule has 0 N–H and O–H groups in total. The van der Waals surface area contributed by atoms with E-state index in [9.17, 15) is 4.39 Å². The highest BCUT2D eigenvalue weighted by molar-refractivity contribution is 6.21. The number of hydrogen-bond donors (Lipinski definition) is 0. The molecule has 0 saturated heterocycles. The average Bonchev–Trinajstić information content (AvgIpc) is 2.18. The molecule has 0 aliphatic heterocycles. The Morgan fingerprint density at radius 1 is 1.60 bits per heavy atom. The van der Waals surface area contributed by atoms with Crippen LogP contribution in [-0.2, 0) is 4.74 Å². The Morgan fingerprint density at radius 3 is 2.87 bits per heavy atom. The molecule has 1 unspecified atom stereocenters. The molecule has 0 saturated carbocycles. The topological polar surface area (TPSA) is 25.4 Å². The SMILES string of the molecule is COCC(Cl)CN(C)c1ccc(F)cn1. The third-order valence-corrected chi connectivity index (χ3v) is 2.19. The van der Waals surface area contributed by atoms with Crippen LogP contribution in [0.1, 0.15) is 0 Å². The van der Waals surface area contributed by atoms with Gasteiger partial charge in [0, 0.05) is 20.7 Å². The molecule has 0 radical (unpaired) electrons. The van der Waals surface area contributed by atoms with Crippen molar-refractivity contribution in [1.82, 2.24) is 4.98 Å². The Hall–Kier alpha value is -0.870. The summed E-state index contributed by atoms with van der Waals surface area (Å²) in [6, 6.07) is 2.99. The second-order valence-electron chi connectivity index (χ2n) is 3.27. The Kier molecular flexibility index (Phi) is 4.78. The summed E-state index contributed by atoms with van der Waals surface area (Å²) in [7, 11) is 3.46. The molecule has 1 heterocycles. The molecular weight excluding hydrogens is 219 g/mol. The van der Waals surface area contributed by atoms with Crippen molar-refractivity contribution >= 4 is 17.4 Å². The van der Waals surface area contributed by atoms with Crippen molar-refractivity contribution in [3.63, 3.8) is 0 Å². The van der Waals surface area contributed by atoms with Gasteiger partial charge < -0.3 is 9.64 Å². The maximum atomic E-state index is 12.6. The molecule has 0 bridgehead atoms. The number of rotatable bonds is 5. The number of anilines is 1. The monoisotopic (exact) mass is 232 g/mol. The first kappa shape index (κ1) is 12.2. The minimum atomic E-state index is -0.341. The van der Waals surface area contributed by atoms with E-state index in [1.165, 1.54) is 12.3 Å². The van der Waals surface area contributed by atoms with Crippen LogP contribution in [0.3, 0.4) is 0 Å². The first-order chi connectivity index (χ1) is 7.13. The van der Waals surface area contributed by atoms with Crippen molar-refractivity contribution in [2.45, 2.75) is 5.38 Å². The maximum absolute atomic E-state index is 12.6. The summed E-state index contributed by atoms with van der Waals surface area (Å²) < 4.78 is 17.5. The van der Waals surface area contributed by atoms with Gasteiger partial charge in [0.25, 0.3) is 0 Å². The largest absolute Gasteiger partial charge is 0.383 e. The number of halogens is 2. The molecule has 0 amide bonds. The summed E-state index contributed by atoms with van der Waals surface area (Å²) in [5.74, 6) is 0.351. The molecule has 5 heteroatoms. The number of hydrogen-bond acceptors (Lipinski definition) is 3. The third kappa shape index (κ3) is 4.01. The second-order valence-corrected chi connectivity index (χ2v) is 3.88. The van der Waals surface area contributed by atoms with E-state index in [-0.39, 0.29) is 11.2 Å². The van der Waals surface area contributed by atoms with E-state index in [2.05, 4.69) is 4.98 Å². The fourth-order valence-corrected chi connectivity index (χ4v) is 1.55. The van der Waals surface area contributed by atoms with Gasteiger partial charge in [-0.15, -0.1) is 11.6 Å². The molecule has 15 heavy (non-hydrogen) atoms. The summed E-state index contributed by atoms with van der Waals surface area (Å²) in [4.78, 5) is 5.80. The zero-order chi connectivity index (χ0) is 11.3. The van der Waals surface area contributed by atoms with Gasteiger partial charge in [0.05, 0.1) is 18.2 Å². The predicted octanol–water partition coefficient (Wildman–Crippen LogP) is 1.91. The molecule has 1 atom stereocenters. The number of pyridine rings is 1. The van der Waals surface area contributed by atoms with Gasteiger partial charge >= 0.3 is 0 Å². The molecular formula is C10H14ClFN2O. The van der Waals surface area contributed by atoms with Gasteiger partial charge in [-0.3, -0.25) is 0 Å². The van der Waals surface area contributed by atoms with Crippen molar-refractivity contribution < 1.29 is 9.13 Å². The summed E-state index contributed by atoms with van der Waals surface area (Å²) in [6.45, 7) is 1.08. The number of ether oxygens (including phenoxy) is 1. The normalized spacial score (nSPS) is 12.5. The summed E-state index contributed by atoms with van der Waals surface area (Å²) in [5.41, 5.74) is 0. The lowest BCUT2D eigenvalue weighted by molar-refractivity contribution is 0.199. The van der Waals surface area contributed by atoms with Gasteiger partial charge in [-0.2, -0.15) is 0 Å². The molecule has 0 aromatic carbocycles. The van der Waals surface area contributed by atoms with E-state index in [0.29, 0.717) is 19.0 Å². The fourth-order valence-electron chi connectivity index (χ4n) is 1.22. The summed E-state index contributed by atoms with van der Waals surface area (Å²) >= 11 is 5.99. The van der Waals surface area contributed by atoms with E-state index in [4.69, 9.17) is 16.3 Å². The molecule has 0 aliphatic carbocycles. The summed E-state index contributed by atoms with van der Waals surface area (Å²) in [5, 5.41) is -0.105. The molecule has 1 aromatic heterocycles. The molecule has 0 aliphatic rings. The van der Waals surface area contributed by atoms with Crippen molar-refractivity contribution in [3.8, 4) is 0 Å². The van der Waals surface area contributed by atoms with Crippen molar-refractivity contribution in [1.29, 1.82) is 0 Å². The quantitative estimate of drug-likeness (QED) is 0.726. The van der Waals surface area contributed by atoms with Crippen LogP contribution in [0.25, 0.3) is 0 Å². The highest BCUT2D eigenvalue weighted by Crippen LogP contribution is 2.10. The summed E-state index contributed by atoms with van der Waals surface area (Å²) in [6.07, 6.45) is 1.19. The second kappa shape index (κ2) is 5.88. The Bertz CT molecular complexity index is 294. The Balaban J connectivity index is 2.53. The Labute approximate surface area is 93.8 Å². The van der Waals surface area contributed by atoms with E-state index in [1.807, 2.05) is 11.9 Å². The van der Waals surface area contributed by atoms with E-state index in [1.54, 1.807) is 13.2 Å². The molecule has 0 fully saturated rings. The molecule has 3 nitrogen and oxygen atoms in total. The molecule has 84 valence electrons. The van der Waals surface area contributed by atoms with Gasteiger partial charge in [0.1, 0.15) is 11.6 Å². The van der Waals surface area contributed by atoms with Crippen molar-refractivity contribution in [3.05, 3.63) is 24.1 Å². The van der Waals surface area contributed by atoms with E-state index < -0.39 is 0 Å². The molecule has 1 rings (SSSR count). The Morgan fingerprint density at radius 2 is 2.33 bits per heavy atom. The zero-order valence-corrected chi connectivity index (χ0v) is 9.54. The smallest absolute Gasteiger partial charge is 0.141 e. The van der Waals surface area contributed by atoms with Crippen LogP contribution in [0.5, 0.6) is 0 Å². The minimum absolute atomic E-state index is 0.105. The van der Waals surface area contributed by atoms with Gasteiger partial charge in [-0.05, 0) is 12.1 Å². The van der Waals surface area contributed by atoms with Crippen molar-refractivity contribution in [2.75, 3.05) is 32.2 Å². The van der Waals surface area contributed by atoms with E-state index >= 15 is 0 Å². The van der Waals surface area contributed by atoms with Crippen LogP contribution in [0.15, 0.2) is 18.3 Å². The van der Waals surface area contributed by atoms with Gasteiger partial charge in [0.15, 0.2) is 0 Å². The van der Waals surface area contributed by atoms with Gasteiger partial charge in [-0.25, -0.2) is 9.37 Å². The van der Waals surface area contributed by atoms with E-state index in [0.717, 1.165) is 0 Å².